The zero-order chi connectivity index (χ0) is 13.5. The fourth-order valence-corrected chi connectivity index (χ4v) is 3.28. The topological polar surface area (TPSA) is 53.6 Å². The average Bonchev–Trinajstić information content (AvgIpc) is 3.10. The molecule has 1 aliphatic heterocycles. The van der Waals surface area contributed by atoms with Crippen molar-refractivity contribution in [1.82, 2.24) is 9.55 Å². The first kappa shape index (κ1) is 11.5. The third-order valence-corrected chi connectivity index (χ3v) is 4.29. The Kier molecular flexibility index (Phi) is 2.53. The smallest absolute Gasteiger partial charge is 0.204 e. The molecule has 0 unspecified atom stereocenters. The van der Waals surface area contributed by atoms with Gasteiger partial charge in [0, 0.05) is 18.7 Å². The maximum atomic E-state index is 9.48. The third-order valence-electron chi connectivity index (χ3n) is 4.29. The Morgan fingerprint density at radius 3 is 3.00 bits per heavy atom. The molecule has 1 aromatic carbocycles. The standard InChI is InChI=1S/C16H16N4/c17-10-14-15(19-16-18-7-2-8-20(14)16)13-6-5-11-3-1-4-12(11)9-13/h5-6,9H,1-4,7-8H2,(H,18,19). The van der Waals surface area contributed by atoms with E-state index in [2.05, 4.69) is 34.6 Å². The molecule has 0 fully saturated rings. The number of aromatic nitrogens is 2. The van der Waals surface area contributed by atoms with E-state index in [1.54, 1.807) is 0 Å². The summed E-state index contributed by atoms with van der Waals surface area (Å²) >= 11 is 0. The molecule has 100 valence electrons. The highest BCUT2D eigenvalue weighted by Gasteiger charge is 2.21. The summed E-state index contributed by atoms with van der Waals surface area (Å²) in [5.74, 6) is 0.836. The molecule has 0 bridgehead atoms. The Hall–Kier alpha value is -2.28. The molecule has 1 aromatic heterocycles. The first-order chi connectivity index (χ1) is 9.86. The van der Waals surface area contributed by atoms with Gasteiger partial charge in [0.15, 0.2) is 0 Å². The molecule has 0 amide bonds. The second-order valence-electron chi connectivity index (χ2n) is 5.51. The quantitative estimate of drug-likeness (QED) is 0.861. The van der Waals surface area contributed by atoms with Gasteiger partial charge in [-0.05, 0) is 42.9 Å². The van der Waals surface area contributed by atoms with Gasteiger partial charge in [-0.2, -0.15) is 5.26 Å². The van der Waals surface area contributed by atoms with Crippen LogP contribution in [0.15, 0.2) is 18.2 Å². The van der Waals surface area contributed by atoms with Crippen LogP contribution in [0.3, 0.4) is 0 Å². The van der Waals surface area contributed by atoms with Crippen molar-refractivity contribution < 1.29 is 0 Å². The summed E-state index contributed by atoms with van der Waals surface area (Å²) in [5.41, 5.74) is 5.46. The van der Waals surface area contributed by atoms with Gasteiger partial charge in [0.1, 0.15) is 17.5 Å². The van der Waals surface area contributed by atoms with E-state index in [9.17, 15) is 5.26 Å². The van der Waals surface area contributed by atoms with Gasteiger partial charge in [-0.25, -0.2) is 4.98 Å². The molecule has 4 nitrogen and oxygen atoms in total. The van der Waals surface area contributed by atoms with Gasteiger partial charge in [-0.3, -0.25) is 0 Å². The number of fused-ring (bicyclic) bond motifs is 2. The van der Waals surface area contributed by atoms with Crippen LogP contribution in [-0.4, -0.2) is 16.1 Å². The van der Waals surface area contributed by atoms with Gasteiger partial charge in [0.05, 0.1) is 0 Å². The van der Waals surface area contributed by atoms with Crippen LogP contribution in [-0.2, 0) is 19.4 Å². The molecule has 2 aliphatic rings. The molecule has 1 aliphatic carbocycles. The number of benzene rings is 1. The highest BCUT2D eigenvalue weighted by atomic mass is 15.2. The van der Waals surface area contributed by atoms with Gasteiger partial charge >= 0.3 is 0 Å². The monoisotopic (exact) mass is 264 g/mol. The minimum atomic E-state index is 0.685. The van der Waals surface area contributed by atoms with Crippen molar-refractivity contribution in [2.75, 3.05) is 11.9 Å². The van der Waals surface area contributed by atoms with E-state index in [0.29, 0.717) is 5.69 Å². The number of hydrogen-bond donors (Lipinski definition) is 1. The molecule has 4 rings (SSSR count). The highest BCUT2D eigenvalue weighted by molar-refractivity contribution is 5.69. The Morgan fingerprint density at radius 1 is 1.20 bits per heavy atom. The van der Waals surface area contributed by atoms with Crippen molar-refractivity contribution in [3.8, 4) is 17.3 Å². The average molecular weight is 264 g/mol. The van der Waals surface area contributed by atoms with Crippen LogP contribution in [0.25, 0.3) is 11.3 Å². The maximum Gasteiger partial charge on any atom is 0.204 e. The van der Waals surface area contributed by atoms with Crippen molar-refractivity contribution in [2.24, 2.45) is 0 Å². The predicted molar refractivity (Wildman–Crippen MR) is 77.5 cm³/mol. The summed E-state index contributed by atoms with van der Waals surface area (Å²) in [5, 5.41) is 12.8. The zero-order valence-corrected chi connectivity index (χ0v) is 11.3. The molecule has 20 heavy (non-hydrogen) atoms. The van der Waals surface area contributed by atoms with Crippen molar-refractivity contribution in [3.63, 3.8) is 0 Å². The molecular formula is C16H16N4. The van der Waals surface area contributed by atoms with Crippen LogP contribution in [0.1, 0.15) is 29.7 Å². The van der Waals surface area contributed by atoms with E-state index in [4.69, 9.17) is 0 Å². The second-order valence-corrected chi connectivity index (χ2v) is 5.51. The van der Waals surface area contributed by atoms with Gasteiger partial charge in [-0.1, -0.05) is 12.1 Å². The van der Waals surface area contributed by atoms with Crippen molar-refractivity contribution in [3.05, 3.63) is 35.0 Å². The summed E-state index contributed by atoms with van der Waals surface area (Å²) in [7, 11) is 0. The van der Waals surface area contributed by atoms with Crippen molar-refractivity contribution >= 4 is 5.95 Å². The number of hydrogen-bond acceptors (Lipinski definition) is 3. The lowest BCUT2D eigenvalue weighted by Crippen LogP contribution is -2.18. The lowest BCUT2D eigenvalue weighted by molar-refractivity contribution is 0.622. The normalized spacial score (nSPS) is 16.1. The molecule has 4 heteroatoms. The molecule has 0 saturated carbocycles. The van der Waals surface area contributed by atoms with Crippen molar-refractivity contribution in [2.45, 2.75) is 32.2 Å². The number of rotatable bonds is 1. The van der Waals surface area contributed by atoms with Crippen LogP contribution in [0.2, 0.25) is 0 Å². The number of nitrogens with one attached hydrogen (secondary N) is 1. The Labute approximate surface area is 118 Å². The first-order valence-corrected chi connectivity index (χ1v) is 7.23. The lowest BCUT2D eigenvalue weighted by atomic mass is 10.0. The summed E-state index contributed by atoms with van der Waals surface area (Å²) < 4.78 is 2.01. The van der Waals surface area contributed by atoms with Crippen LogP contribution < -0.4 is 5.32 Å². The zero-order valence-electron chi connectivity index (χ0n) is 11.3. The maximum absolute atomic E-state index is 9.48. The molecule has 2 aromatic rings. The van der Waals surface area contributed by atoms with Crippen molar-refractivity contribution in [1.29, 1.82) is 5.26 Å². The molecule has 0 saturated heterocycles. The Bertz CT molecular complexity index is 721. The van der Waals surface area contributed by atoms with E-state index in [-0.39, 0.29) is 0 Å². The largest absolute Gasteiger partial charge is 0.356 e. The van der Waals surface area contributed by atoms with Crippen LogP contribution in [0.5, 0.6) is 0 Å². The Morgan fingerprint density at radius 2 is 2.10 bits per heavy atom. The van der Waals surface area contributed by atoms with Crippen LogP contribution >= 0.6 is 0 Å². The minimum absolute atomic E-state index is 0.685. The van der Waals surface area contributed by atoms with E-state index in [1.165, 1.54) is 24.0 Å². The molecular weight excluding hydrogens is 248 g/mol. The number of nitrogens with zero attached hydrogens (tertiary/aromatic N) is 3. The van der Waals surface area contributed by atoms with Gasteiger partial charge < -0.3 is 9.88 Å². The number of anilines is 1. The molecule has 0 spiro atoms. The summed E-state index contributed by atoms with van der Waals surface area (Å²) in [6.45, 7) is 1.81. The van der Waals surface area contributed by atoms with Crippen LogP contribution in [0.4, 0.5) is 5.95 Å². The SMILES string of the molecule is N#Cc1c(-c2ccc3c(c2)CCC3)nc2n1CCCN2. The lowest BCUT2D eigenvalue weighted by Gasteiger charge is -2.15. The summed E-state index contributed by atoms with van der Waals surface area (Å²) in [6.07, 6.45) is 4.62. The van der Waals surface area contributed by atoms with E-state index in [0.717, 1.165) is 43.1 Å². The molecule has 0 atom stereocenters. The number of nitriles is 1. The Balaban J connectivity index is 1.86. The van der Waals surface area contributed by atoms with Crippen LogP contribution in [0, 0.1) is 11.3 Å². The van der Waals surface area contributed by atoms with Gasteiger partial charge in [0.2, 0.25) is 5.95 Å². The summed E-state index contributed by atoms with van der Waals surface area (Å²) in [6, 6.07) is 8.86. The fourth-order valence-electron chi connectivity index (χ4n) is 3.28. The van der Waals surface area contributed by atoms with E-state index in [1.807, 2.05) is 4.57 Å². The first-order valence-electron chi connectivity index (χ1n) is 7.23. The molecule has 1 N–H and O–H groups in total. The molecule has 2 heterocycles. The number of aryl methyl sites for hydroxylation is 2. The van der Waals surface area contributed by atoms with E-state index >= 15 is 0 Å². The fraction of sp³-hybridized carbons (Fsp3) is 0.375. The predicted octanol–water partition coefficient (Wildman–Crippen LogP) is 2.73. The third kappa shape index (κ3) is 1.63. The van der Waals surface area contributed by atoms with Gasteiger partial charge in [-0.15, -0.1) is 0 Å². The highest BCUT2D eigenvalue weighted by Crippen LogP contribution is 2.31. The van der Waals surface area contributed by atoms with E-state index < -0.39 is 0 Å². The van der Waals surface area contributed by atoms with Gasteiger partial charge in [0.25, 0.3) is 0 Å². The molecule has 0 radical (unpaired) electrons. The minimum Gasteiger partial charge on any atom is -0.356 e. The summed E-state index contributed by atoms with van der Waals surface area (Å²) in [4.78, 5) is 4.65. The second kappa shape index (κ2) is 4.38. The number of imidazole rings is 1.